The molecule has 3 aromatic rings. The zero-order valence-corrected chi connectivity index (χ0v) is 18.6. The highest BCUT2D eigenvalue weighted by atomic mass is 35.5. The number of rotatable bonds is 9. The molecule has 0 saturated carbocycles. The van der Waals surface area contributed by atoms with Crippen LogP contribution in [0.3, 0.4) is 0 Å². The summed E-state index contributed by atoms with van der Waals surface area (Å²) in [6, 6.07) is 21.3. The first-order chi connectivity index (χ1) is 15.4. The Morgan fingerprint density at radius 1 is 1.03 bits per heavy atom. The highest BCUT2D eigenvalue weighted by molar-refractivity contribution is 6.30. The summed E-state index contributed by atoms with van der Waals surface area (Å²) in [5, 5.41) is 10.1. The summed E-state index contributed by atoms with van der Waals surface area (Å²) in [6.45, 7) is 1.90. The summed E-state index contributed by atoms with van der Waals surface area (Å²) in [6.07, 6.45) is 0. The van der Waals surface area contributed by atoms with Crippen LogP contribution in [0.1, 0.15) is 34.5 Å². The van der Waals surface area contributed by atoms with Gasteiger partial charge in [-0.3, -0.25) is 4.79 Å². The minimum absolute atomic E-state index is 0.0194. The third-order valence-corrected chi connectivity index (χ3v) is 5.32. The van der Waals surface area contributed by atoms with Crippen LogP contribution in [0, 0.1) is 0 Å². The second-order valence-electron chi connectivity index (χ2n) is 7.17. The molecule has 1 amide bonds. The van der Waals surface area contributed by atoms with Gasteiger partial charge in [-0.25, -0.2) is 4.79 Å². The van der Waals surface area contributed by atoms with Gasteiger partial charge in [-0.1, -0.05) is 60.1 Å². The molecule has 0 aliphatic heterocycles. The molecule has 32 heavy (non-hydrogen) atoms. The van der Waals surface area contributed by atoms with Crippen molar-refractivity contribution < 1.29 is 24.2 Å². The molecule has 1 N–H and O–H groups in total. The lowest BCUT2D eigenvalue weighted by atomic mass is 10.1. The maximum absolute atomic E-state index is 13.3. The quantitative estimate of drug-likeness (QED) is 0.481. The van der Waals surface area contributed by atoms with E-state index in [9.17, 15) is 14.7 Å². The second-order valence-corrected chi connectivity index (χ2v) is 7.61. The molecule has 1 atom stereocenters. The molecular weight excluding hydrogens is 430 g/mol. The Labute approximate surface area is 192 Å². The molecule has 0 aliphatic rings. The van der Waals surface area contributed by atoms with Gasteiger partial charge in [0.15, 0.2) is 18.1 Å². The number of ether oxygens (including phenoxy) is 2. The predicted octanol–water partition coefficient (Wildman–Crippen LogP) is 5.22. The molecular formula is C25H24ClNO5. The van der Waals surface area contributed by atoms with Gasteiger partial charge < -0.3 is 19.5 Å². The smallest absolute Gasteiger partial charge is 0.339 e. The van der Waals surface area contributed by atoms with Crippen LogP contribution in [-0.4, -0.2) is 35.6 Å². The molecule has 0 spiro atoms. The van der Waals surface area contributed by atoms with Crippen molar-refractivity contribution in [1.29, 1.82) is 0 Å². The first-order valence-corrected chi connectivity index (χ1v) is 10.4. The van der Waals surface area contributed by atoms with Crippen LogP contribution in [0.5, 0.6) is 11.5 Å². The van der Waals surface area contributed by atoms with E-state index in [1.165, 1.54) is 13.2 Å². The van der Waals surface area contributed by atoms with Gasteiger partial charge in [0.05, 0.1) is 13.2 Å². The number of carboxylic acid groups (broad SMARTS) is 1. The summed E-state index contributed by atoms with van der Waals surface area (Å²) in [5.74, 6) is -1.20. The standard InChI is InChI=1S/C25H24ClNO5/c1-17(19-9-4-3-5-10-19)27(15-18-8-6-11-20(26)14-18)23(28)16-32-24-21(25(29)30)12-7-13-22(24)31-2/h3-14,17H,15-16H2,1-2H3,(H,29,30)/t17-/m1/s1. The lowest BCUT2D eigenvalue weighted by Gasteiger charge is -2.30. The molecule has 0 heterocycles. The maximum atomic E-state index is 13.3. The van der Waals surface area contributed by atoms with Crippen molar-refractivity contribution >= 4 is 23.5 Å². The largest absolute Gasteiger partial charge is 0.493 e. The number of carbonyl (C=O) groups excluding carboxylic acids is 1. The average molecular weight is 454 g/mol. The average Bonchev–Trinajstić information content (AvgIpc) is 2.80. The number of benzene rings is 3. The number of carboxylic acids is 1. The Hall–Kier alpha value is -3.51. The van der Waals surface area contributed by atoms with Crippen molar-refractivity contribution in [2.45, 2.75) is 19.5 Å². The van der Waals surface area contributed by atoms with E-state index in [-0.39, 0.29) is 35.6 Å². The number of aromatic carboxylic acids is 1. The van der Waals surface area contributed by atoms with Crippen molar-refractivity contribution in [3.05, 3.63) is 94.5 Å². The molecule has 7 heteroatoms. The molecule has 3 rings (SSSR count). The van der Waals surface area contributed by atoms with Crippen molar-refractivity contribution in [2.75, 3.05) is 13.7 Å². The Morgan fingerprint density at radius 3 is 2.41 bits per heavy atom. The van der Waals surface area contributed by atoms with Gasteiger partial charge in [0.1, 0.15) is 5.56 Å². The monoisotopic (exact) mass is 453 g/mol. The Balaban J connectivity index is 1.87. The van der Waals surface area contributed by atoms with Gasteiger partial charge in [-0.2, -0.15) is 0 Å². The predicted molar refractivity (Wildman–Crippen MR) is 122 cm³/mol. The van der Waals surface area contributed by atoms with E-state index in [1.807, 2.05) is 55.5 Å². The fraction of sp³-hybridized carbons (Fsp3) is 0.200. The molecule has 166 valence electrons. The number of nitrogens with zero attached hydrogens (tertiary/aromatic N) is 1. The second kappa shape index (κ2) is 10.7. The van der Waals surface area contributed by atoms with Crippen molar-refractivity contribution in [2.24, 2.45) is 0 Å². The topological polar surface area (TPSA) is 76.1 Å². The van der Waals surface area contributed by atoms with Gasteiger partial charge in [0, 0.05) is 11.6 Å². The first-order valence-electron chi connectivity index (χ1n) is 10.0. The number of hydrogen-bond acceptors (Lipinski definition) is 4. The Morgan fingerprint density at radius 2 is 1.75 bits per heavy atom. The zero-order valence-electron chi connectivity index (χ0n) is 17.8. The molecule has 6 nitrogen and oxygen atoms in total. The first kappa shape index (κ1) is 23.2. The van der Waals surface area contributed by atoms with Crippen LogP contribution in [-0.2, 0) is 11.3 Å². The van der Waals surface area contributed by atoms with E-state index in [0.29, 0.717) is 11.6 Å². The number of hydrogen-bond donors (Lipinski definition) is 1. The third-order valence-electron chi connectivity index (χ3n) is 5.08. The molecule has 0 radical (unpaired) electrons. The molecule has 3 aromatic carbocycles. The van der Waals surface area contributed by atoms with E-state index in [0.717, 1.165) is 11.1 Å². The number of amides is 1. The van der Waals surface area contributed by atoms with Crippen molar-refractivity contribution in [3.63, 3.8) is 0 Å². The van der Waals surface area contributed by atoms with Gasteiger partial charge >= 0.3 is 5.97 Å². The van der Waals surface area contributed by atoms with Crippen LogP contribution < -0.4 is 9.47 Å². The van der Waals surface area contributed by atoms with Gasteiger partial charge in [-0.05, 0) is 42.3 Å². The number of carbonyl (C=O) groups is 2. The summed E-state index contributed by atoms with van der Waals surface area (Å²) in [4.78, 5) is 26.5. The van der Waals surface area contributed by atoms with E-state index >= 15 is 0 Å². The van der Waals surface area contributed by atoms with E-state index in [2.05, 4.69) is 0 Å². The zero-order chi connectivity index (χ0) is 23.1. The lowest BCUT2D eigenvalue weighted by Crippen LogP contribution is -2.36. The van der Waals surface area contributed by atoms with Crippen LogP contribution in [0.25, 0.3) is 0 Å². The van der Waals surface area contributed by atoms with Crippen LogP contribution in [0.4, 0.5) is 0 Å². The molecule has 0 saturated heterocycles. The summed E-state index contributed by atoms with van der Waals surface area (Å²) < 4.78 is 10.9. The molecule has 0 bridgehead atoms. The molecule has 0 fully saturated rings. The lowest BCUT2D eigenvalue weighted by molar-refractivity contribution is -0.136. The van der Waals surface area contributed by atoms with Gasteiger partial charge in [-0.15, -0.1) is 0 Å². The van der Waals surface area contributed by atoms with Crippen LogP contribution in [0.2, 0.25) is 5.02 Å². The minimum Gasteiger partial charge on any atom is -0.493 e. The Kier molecular flexibility index (Phi) is 7.73. The van der Waals surface area contributed by atoms with E-state index in [1.54, 1.807) is 23.1 Å². The van der Waals surface area contributed by atoms with Crippen molar-refractivity contribution in [1.82, 2.24) is 4.90 Å². The highest BCUT2D eigenvalue weighted by Gasteiger charge is 2.24. The fourth-order valence-corrected chi connectivity index (χ4v) is 3.61. The molecule has 0 unspecified atom stereocenters. The van der Waals surface area contributed by atoms with E-state index in [4.69, 9.17) is 21.1 Å². The van der Waals surface area contributed by atoms with E-state index < -0.39 is 5.97 Å². The maximum Gasteiger partial charge on any atom is 0.339 e. The van der Waals surface area contributed by atoms with Crippen molar-refractivity contribution in [3.8, 4) is 11.5 Å². The van der Waals surface area contributed by atoms with Gasteiger partial charge in [0.25, 0.3) is 5.91 Å². The fourth-order valence-electron chi connectivity index (χ4n) is 3.40. The Bertz CT molecular complexity index is 1090. The third kappa shape index (κ3) is 5.59. The summed E-state index contributed by atoms with van der Waals surface area (Å²) >= 11 is 6.13. The summed E-state index contributed by atoms with van der Waals surface area (Å²) in [5.41, 5.74) is 1.76. The number of para-hydroxylation sites is 1. The van der Waals surface area contributed by atoms with Gasteiger partial charge in [0.2, 0.25) is 0 Å². The highest BCUT2D eigenvalue weighted by Crippen LogP contribution is 2.31. The number of halogens is 1. The molecule has 0 aromatic heterocycles. The van der Waals surface area contributed by atoms with Crippen LogP contribution in [0.15, 0.2) is 72.8 Å². The normalized spacial score (nSPS) is 11.5. The molecule has 0 aliphatic carbocycles. The SMILES string of the molecule is COc1cccc(C(=O)O)c1OCC(=O)N(Cc1cccc(Cl)c1)[C@H](C)c1ccccc1. The minimum atomic E-state index is -1.17. The number of methoxy groups -OCH3 is 1. The summed E-state index contributed by atoms with van der Waals surface area (Å²) in [7, 11) is 1.42. The van der Waals surface area contributed by atoms with Crippen LogP contribution >= 0.6 is 11.6 Å².